The summed E-state index contributed by atoms with van der Waals surface area (Å²) < 4.78 is 10.7. The number of pyridine rings is 1. The van der Waals surface area contributed by atoms with E-state index < -0.39 is 17.7 Å². The Morgan fingerprint density at radius 3 is 2.82 bits per heavy atom. The first kappa shape index (κ1) is 19.7. The van der Waals surface area contributed by atoms with Crippen LogP contribution in [0.4, 0.5) is 10.6 Å². The molecule has 3 rings (SSSR count). The number of anilines is 1. The molecule has 8 nitrogen and oxygen atoms in total. The summed E-state index contributed by atoms with van der Waals surface area (Å²) in [6.45, 7) is 6.23. The van der Waals surface area contributed by atoms with Crippen molar-refractivity contribution in [1.29, 1.82) is 0 Å². The minimum atomic E-state index is -0.613. The molecule has 1 fully saturated rings. The van der Waals surface area contributed by atoms with Crippen molar-refractivity contribution in [1.82, 2.24) is 15.2 Å². The molecule has 0 radical (unpaired) electrons. The number of benzene rings is 1. The van der Waals surface area contributed by atoms with Gasteiger partial charge in [-0.05, 0) is 50.8 Å². The highest BCUT2D eigenvalue weighted by atomic mass is 16.6. The van der Waals surface area contributed by atoms with Crippen LogP contribution in [0, 0.1) is 0 Å². The summed E-state index contributed by atoms with van der Waals surface area (Å²) in [5.41, 5.74) is 6.21. The van der Waals surface area contributed by atoms with Crippen molar-refractivity contribution in [3.05, 3.63) is 30.0 Å². The van der Waals surface area contributed by atoms with Crippen LogP contribution in [0.1, 0.15) is 32.8 Å². The zero-order valence-corrected chi connectivity index (χ0v) is 16.6. The highest BCUT2D eigenvalue weighted by molar-refractivity contribution is 5.93. The van der Waals surface area contributed by atoms with Gasteiger partial charge in [0.1, 0.15) is 23.2 Å². The zero-order valence-electron chi connectivity index (χ0n) is 16.6. The van der Waals surface area contributed by atoms with Gasteiger partial charge in [0.2, 0.25) is 5.91 Å². The van der Waals surface area contributed by atoms with Crippen molar-refractivity contribution < 1.29 is 19.1 Å². The number of aromatic nitrogens is 1. The minimum absolute atomic E-state index is 0.146. The molecule has 0 saturated carbocycles. The molecule has 8 heteroatoms. The van der Waals surface area contributed by atoms with E-state index in [9.17, 15) is 9.59 Å². The van der Waals surface area contributed by atoms with Gasteiger partial charge in [-0.3, -0.25) is 4.79 Å². The predicted octanol–water partition coefficient (Wildman–Crippen LogP) is 2.45. The van der Waals surface area contributed by atoms with E-state index in [4.69, 9.17) is 15.2 Å². The molecular formula is C20H26N4O4. The fourth-order valence-electron chi connectivity index (χ4n) is 3.27. The maximum absolute atomic E-state index is 12.7. The van der Waals surface area contributed by atoms with Crippen molar-refractivity contribution >= 4 is 28.6 Å². The number of nitrogens with zero attached hydrogens (tertiary/aromatic N) is 2. The third-order valence-electron chi connectivity index (χ3n) is 4.55. The Balaban J connectivity index is 1.75. The van der Waals surface area contributed by atoms with Crippen LogP contribution in [0.5, 0.6) is 5.75 Å². The first-order valence-electron chi connectivity index (χ1n) is 9.17. The molecule has 1 aliphatic rings. The van der Waals surface area contributed by atoms with Crippen molar-refractivity contribution in [2.45, 2.75) is 45.4 Å². The lowest BCUT2D eigenvalue weighted by Crippen LogP contribution is -2.43. The van der Waals surface area contributed by atoms with Crippen molar-refractivity contribution in [3.63, 3.8) is 0 Å². The Kier molecular flexibility index (Phi) is 5.31. The molecule has 0 bridgehead atoms. The Morgan fingerprint density at radius 2 is 2.14 bits per heavy atom. The maximum atomic E-state index is 12.7. The number of nitrogens with two attached hydrogens (primary N) is 1. The number of rotatable bonds is 4. The molecule has 3 N–H and O–H groups in total. The lowest BCUT2D eigenvalue weighted by atomic mass is 10.1. The number of hydrogen-bond acceptors (Lipinski definition) is 6. The topological polar surface area (TPSA) is 107 Å². The highest BCUT2D eigenvalue weighted by Gasteiger charge is 2.34. The molecule has 0 spiro atoms. The number of fused-ring (bicyclic) bond motifs is 1. The summed E-state index contributed by atoms with van der Waals surface area (Å²) in [6, 6.07) is 5.06. The van der Waals surface area contributed by atoms with Crippen LogP contribution in [-0.4, -0.2) is 47.2 Å². The number of hydrogen-bond donors (Lipinski definition) is 2. The third kappa shape index (κ3) is 4.27. The molecule has 1 aliphatic heterocycles. The van der Waals surface area contributed by atoms with E-state index in [1.54, 1.807) is 39.0 Å². The average molecular weight is 386 g/mol. The van der Waals surface area contributed by atoms with Crippen LogP contribution in [0.15, 0.2) is 24.4 Å². The molecule has 2 amide bonds. The second-order valence-electron chi connectivity index (χ2n) is 7.83. The zero-order chi connectivity index (χ0) is 20.5. The van der Waals surface area contributed by atoms with E-state index in [-0.39, 0.29) is 5.91 Å². The number of methoxy groups -OCH3 is 1. The third-order valence-corrected chi connectivity index (χ3v) is 4.55. The van der Waals surface area contributed by atoms with Crippen molar-refractivity contribution in [2.24, 2.45) is 0 Å². The molecule has 0 aliphatic carbocycles. The smallest absolute Gasteiger partial charge is 0.408 e. The fourth-order valence-corrected chi connectivity index (χ4v) is 3.27. The first-order chi connectivity index (χ1) is 13.2. The second-order valence-corrected chi connectivity index (χ2v) is 7.83. The van der Waals surface area contributed by atoms with Gasteiger partial charge in [0.15, 0.2) is 0 Å². The molecule has 2 aromatic rings. The molecule has 2 heterocycles. The quantitative estimate of drug-likeness (QED) is 0.836. The number of nitrogens with one attached hydrogen (secondary N) is 1. The van der Waals surface area contributed by atoms with Gasteiger partial charge < -0.3 is 25.4 Å². The van der Waals surface area contributed by atoms with Gasteiger partial charge in [-0.15, -0.1) is 0 Å². The van der Waals surface area contributed by atoms with Crippen LogP contribution < -0.4 is 15.8 Å². The lowest BCUT2D eigenvalue weighted by Gasteiger charge is -2.22. The molecule has 1 aromatic heterocycles. The number of carbonyl (C=O) groups excluding carboxylic acids is 2. The van der Waals surface area contributed by atoms with Gasteiger partial charge in [-0.2, -0.15) is 0 Å². The summed E-state index contributed by atoms with van der Waals surface area (Å²) in [4.78, 5) is 30.5. The number of alkyl carbamates (subject to hydrolysis) is 1. The molecule has 1 atom stereocenters. The van der Waals surface area contributed by atoms with Gasteiger partial charge in [0.25, 0.3) is 0 Å². The standard InChI is InChI=1S/C20H26N4O4/c1-20(2,3)28-19(26)23-15-6-8-24(18(15)25)11-13-9-14-12(10-16(13)27-4)5-7-22-17(14)21/h5,7,9-10,15H,6,8,11H2,1-4H3,(H2,21,22)(H,23,26)/t15-/m0/s1. The molecular weight excluding hydrogens is 360 g/mol. The van der Waals surface area contributed by atoms with Gasteiger partial charge >= 0.3 is 6.09 Å². The Hall–Kier alpha value is -3.03. The lowest BCUT2D eigenvalue weighted by molar-refractivity contribution is -0.129. The monoisotopic (exact) mass is 386 g/mol. The SMILES string of the molecule is COc1cc2ccnc(N)c2cc1CN1CC[C@H](NC(=O)OC(C)(C)C)C1=O. The summed E-state index contributed by atoms with van der Waals surface area (Å²) in [5, 5.41) is 4.39. The van der Waals surface area contributed by atoms with E-state index in [0.29, 0.717) is 31.1 Å². The molecule has 1 saturated heterocycles. The van der Waals surface area contributed by atoms with Crippen LogP contribution in [0.2, 0.25) is 0 Å². The largest absolute Gasteiger partial charge is 0.496 e. The number of carbonyl (C=O) groups is 2. The second kappa shape index (κ2) is 7.53. The van der Waals surface area contributed by atoms with Crippen LogP contribution in [-0.2, 0) is 16.1 Å². The molecule has 1 aromatic carbocycles. The molecule has 28 heavy (non-hydrogen) atoms. The summed E-state index contributed by atoms with van der Waals surface area (Å²) in [5.74, 6) is 0.959. The van der Waals surface area contributed by atoms with E-state index in [2.05, 4.69) is 10.3 Å². The van der Waals surface area contributed by atoms with Crippen LogP contribution in [0.3, 0.4) is 0 Å². The number of likely N-dealkylation sites (tertiary alicyclic amines) is 1. The number of amides is 2. The normalized spacial score (nSPS) is 17.1. The summed E-state index contributed by atoms with van der Waals surface area (Å²) in [6.07, 6.45) is 1.58. The minimum Gasteiger partial charge on any atom is -0.496 e. The van der Waals surface area contributed by atoms with E-state index in [0.717, 1.165) is 16.3 Å². The summed E-state index contributed by atoms with van der Waals surface area (Å²) in [7, 11) is 1.59. The Labute approximate surface area is 164 Å². The Bertz CT molecular complexity index is 907. The van der Waals surface area contributed by atoms with Crippen LogP contribution >= 0.6 is 0 Å². The highest BCUT2D eigenvalue weighted by Crippen LogP contribution is 2.30. The number of nitrogen functional groups attached to an aromatic ring is 1. The van der Waals surface area contributed by atoms with E-state index >= 15 is 0 Å². The van der Waals surface area contributed by atoms with E-state index in [1.807, 2.05) is 18.2 Å². The van der Waals surface area contributed by atoms with Crippen molar-refractivity contribution in [2.75, 3.05) is 19.4 Å². The van der Waals surface area contributed by atoms with Gasteiger partial charge in [0.05, 0.1) is 7.11 Å². The van der Waals surface area contributed by atoms with Gasteiger partial charge in [-0.1, -0.05) is 0 Å². The van der Waals surface area contributed by atoms with Crippen LogP contribution in [0.25, 0.3) is 10.8 Å². The van der Waals surface area contributed by atoms with Gasteiger partial charge in [0, 0.05) is 30.2 Å². The van der Waals surface area contributed by atoms with E-state index in [1.165, 1.54) is 0 Å². The Morgan fingerprint density at radius 1 is 1.39 bits per heavy atom. The fraction of sp³-hybridized carbons (Fsp3) is 0.450. The predicted molar refractivity (Wildman–Crippen MR) is 106 cm³/mol. The summed E-state index contributed by atoms with van der Waals surface area (Å²) >= 11 is 0. The first-order valence-corrected chi connectivity index (χ1v) is 9.17. The maximum Gasteiger partial charge on any atom is 0.408 e. The molecule has 150 valence electrons. The molecule has 0 unspecified atom stereocenters. The average Bonchev–Trinajstić information content (AvgIpc) is 2.93. The van der Waals surface area contributed by atoms with Crippen molar-refractivity contribution in [3.8, 4) is 5.75 Å². The number of ether oxygens (including phenoxy) is 2. The van der Waals surface area contributed by atoms with Gasteiger partial charge in [-0.25, -0.2) is 9.78 Å².